The molecule has 0 atom stereocenters. The van der Waals surface area contributed by atoms with Gasteiger partial charge in [0.15, 0.2) is 0 Å². The van der Waals surface area contributed by atoms with Gasteiger partial charge in [0.05, 0.1) is 6.54 Å². The van der Waals surface area contributed by atoms with Crippen LogP contribution in [0.4, 0.5) is 5.13 Å². The van der Waals surface area contributed by atoms with Crippen LogP contribution in [0.3, 0.4) is 0 Å². The highest BCUT2D eigenvalue weighted by Crippen LogP contribution is 2.31. The smallest absolute Gasteiger partial charge is 0.219 e. The van der Waals surface area contributed by atoms with E-state index in [4.69, 9.17) is 5.84 Å². The van der Waals surface area contributed by atoms with Crippen molar-refractivity contribution >= 4 is 28.2 Å². The average Bonchev–Trinajstić information content (AvgIpc) is 2.66. The zero-order chi connectivity index (χ0) is 12.3. The molecule has 0 aromatic carbocycles. The van der Waals surface area contributed by atoms with Crippen molar-refractivity contribution in [1.29, 1.82) is 0 Å². The normalized spacial score (nSPS) is 21.1. The fourth-order valence-corrected chi connectivity index (χ4v) is 3.62. The second-order valence-electron chi connectivity index (χ2n) is 4.78. The molecule has 0 radical (unpaired) electrons. The number of aromatic nitrogens is 2. The van der Waals surface area contributed by atoms with Crippen LogP contribution in [0.15, 0.2) is 0 Å². The quantitative estimate of drug-likeness (QED) is 0.643. The van der Waals surface area contributed by atoms with Gasteiger partial charge in [0.25, 0.3) is 0 Å². The Labute approximate surface area is 110 Å². The lowest BCUT2D eigenvalue weighted by Gasteiger charge is -2.21. The van der Waals surface area contributed by atoms with E-state index in [1.165, 1.54) is 23.5 Å². The largest absolute Gasteiger partial charge is 0.298 e. The minimum absolute atomic E-state index is 0.403. The third-order valence-electron chi connectivity index (χ3n) is 2.88. The number of nitrogens with two attached hydrogens (primary N) is 1. The number of nitrogens with zero attached hydrogens (tertiary/aromatic N) is 3. The van der Waals surface area contributed by atoms with E-state index in [1.807, 2.05) is 0 Å². The van der Waals surface area contributed by atoms with E-state index in [-0.39, 0.29) is 0 Å². The van der Waals surface area contributed by atoms with E-state index in [0.717, 1.165) is 24.6 Å². The molecular formula is C10H19N5S2. The third-order valence-corrected chi connectivity index (χ3v) is 5.09. The summed E-state index contributed by atoms with van der Waals surface area (Å²) in [5.41, 5.74) is 2.53. The van der Waals surface area contributed by atoms with Gasteiger partial charge in [-0.3, -0.25) is 10.3 Å². The summed E-state index contributed by atoms with van der Waals surface area (Å²) in [6, 6.07) is 0. The molecule has 1 aromatic heterocycles. The van der Waals surface area contributed by atoms with E-state index in [2.05, 4.69) is 46.1 Å². The number of rotatable bonds is 3. The van der Waals surface area contributed by atoms with Crippen LogP contribution in [-0.2, 0) is 6.54 Å². The van der Waals surface area contributed by atoms with Gasteiger partial charge in [0.1, 0.15) is 5.01 Å². The highest BCUT2D eigenvalue weighted by Gasteiger charge is 2.24. The number of nitrogens with one attached hydrogen (secondary N) is 1. The summed E-state index contributed by atoms with van der Waals surface area (Å²) in [6.45, 7) is 7.78. The fraction of sp³-hybridized carbons (Fsp3) is 0.800. The van der Waals surface area contributed by atoms with Crippen LogP contribution in [0, 0.1) is 0 Å². The van der Waals surface area contributed by atoms with Gasteiger partial charge < -0.3 is 0 Å². The molecule has 5 nitrogen and oxygen atoms in total. The third kappa shape index (κ3) is 3.80. The number of hydrogen-bond acceptors (Lipinski definition) is 7. The number of hydrogen-bond donors (Lipinski definition) is 2. The van der Waals surface area contributed by atoms with Crippen molar-refractivity contribution in [3.05, 3.63) is 5.01 Å². The molecule has 2 rings (SSSR count). The van der Waals surface area contributed by atoms with Gasteiger partial charge in [0.2, 0.25) is 5.13 Å². The van der Waals surface area contributed by atoms with E-state index in [9.17, 15) is 0 Å². The number of thioether (sulfide) groups is 1. The molecule has 0 saturated carbocycles. The molecule has 96 valence electrons. The van der Waals surface area contributed by atoms with Crippen molar-refractivity contribution in [3.8, 4) is 0 Å². The molecule has 1 aromatic rings. The predicted molar refractivity (Wildman–Crippen MR) is 74.2 cm³/mol. The van der Waals surface area contributed by atoms with Gasteiger partial charge in [-0.05, 0) is 13.0 Å². The van der Waals surface area contributed by atoms with E-state index >= 15 is 0 Å². The van der Waals surface area contributed by atoms with Crippen LogP contribution in [0.25, 0.3) is 0 Å². The Hall–Kier alpha value is -0.370. The van der Waals surface area contributed by atoms with Crippen LogP contribution >= 0.6 is 23.1 Å². The fourth-order valence-electron chi connectivity index (χ4n) is 1.79. The lowest BCUT2D eigenvalue weighted by molar-refractivity contribution is 0.275. The Morgan fingerprint density at radius 3 is 2.94 bits per heavy atom. The monoisotopic (exact) mass is 273 g/mol. The topological polar surface area (TPSA) is 67.1 Å². The molecule has 1 aliphatic heterocycles. The minimum atomic E-state index is 0.403. The molecule has 2 heterocycles. The first-order chi connectivity index (χ1) is 8.09. The molecule has 17 heavy (non-hydrogen) atoms. The van der Waals surface area contributed by atoms with Crippen molar-refractivity contribution in [2.24, 2.45) is 5.84 Å². The van der Waals surface area contributed by atoms with Gasteiger partial charge in [-0.1, -0.05) is 25.2 Å². The summed E-state index contributed by atoms with van der Waals surface area (Å²) in [5.74, 6) is 6.49. The summed E-state index contributed by atoms with van der Waals surface area (Å²) in [7, 11) is 0. The summed E-state index contributed by atoms with van der Waals surface area (Å²) in [4.78, 5) is 2.45. The van der Waals surface area contributed by atoms with Crippen LogP contribution in [-0.4, -0.2) is 38.7 Å². The Bertz CT molecular complexity index is 365. The second-order valence-corrected chi connectivity index (χ2v) is 7.64. The molecule has 1 saturated heterocycles. The van der Waals surface area contributed by atoms with Crippen molar-refractivity contribution in [1.82, 2.24) is 15.1 Å². The van der Waals surface area contributed by atoms with Crippen LogP contribution in [0.5, 0.6) is 0 Å². The molecule has 0 bridgehead atoms. The maximum atomic E-state index is 5.30. The zero-order valence-corrected chi connectivity index (χ0v) is 11.9. The number of anilines is 1. The highest BCUT2D eigenvalue weighted by atomic mass is 32.2. The van der Waals surface area contributed by atoms with Gasteiger partial charge in [-0.15, -0.1) is 10.2 Å². The molecule has 1 fully saturated rings. The van der Waals surface area contributed by atoms with E-state index in [0.29, 0.717) is 9.88 Å². The molecular weight excluding hydrogens is 254 g/mol. The van der Waals surface area contributed by atoms with E-state index in [1.54, 1.807) is 0 Å². The van der Waals surface area contributed by atoms with Crippen LogP contribution in [0.2, 0.25) is 0 Å². The first-order valence-electron chi connectivity index (χ1n) is 5.74. The van der Waals surface area contributed by atoms with Gasteiger partial charge in [-0.2, -0.15) is 11.8 Å². The number of hydrazine groups is 1. The standard InChI is InChI=1S/C10H19N5S2/c1-10(2)3-4-15(5-6-16-10)7-8-13-14-9(12-11)17-8/h3-7,11H2,1-2H3,(H,12,14). The molecule has 0 unspecified atom stereocenters. The molecule has 0 spiro atoms. The summed E-state index contributed by atoms with van der Waals surface area (Å²) >= 11 is 3.59. The Morgan fingerprint density at radius 2 is 2.24 bits per heavy atom. The minimum Gasteiger partial charge on any atom is -0.298 e. The SMILES string of the molecule is CC1(C)CCN(Cc2nnc(NN)s2)CCS1. The average molecular weight is 273 g/mol. The summed E-state index contributed by atoms with van der Waals surface area (Å²) in [5, 5.41) is 9.79. The summed E-state index contributed by atoms with van der Waals surface area (Å²) in [6.07, 6.45) is 1.22. The lowest BCUT2D eigenvalue weighted by Crippen LogP contribution is -2.26. The molecule has 1 aliphatic rings. The molecule has 7 heteroatoms. The maximum absolute atomic E-state index is 5.30. The molecule has 3 N–H and O–H groups in total. The van der Waals surface area contributed by atoms with Gasteiger partial charge in [0, 0.05) is 17.0 Å². The maximum Gasteiger partial charge on any atom is 0.219 e. The number of nitrogen functional groups attached to an aromatic ring is 1. The lowest BCUT2D eigenvalue weighted by atomic mass is 10.1. The molecule has 0 aliphatic carbocycles. The van der Waals surface area contributed by atoms with Crippen LogP contribution in [0.1, 0.15) is 25.3 Å². The Kier molecular flexibility index (Phi) is 4.24. The zero-order valence-electron chi connectivity index (χ0n) is 10.3. The van der Waals surface area contributed by atoms with Gasteiger partial charge in [-0.25, -0.2) is 5.84 Å². The molecule has 0 amide bonds. The second kappa shape index (κ2) is 5.51. The van der Waals surface area contributed by atoms with Crippen molar-refractivity contribution < 1.29 is 0 Å². The Balaban J connectivity index is 1.90. The Morgan fingerprint density at radius 1 is 1.41 bits per heavy atom. The van der Waals surface area contributed by atoms with Crippen LogP contribution < -0.4 is 11.3 Å². The van der Waals surface area contributed by atoms with E-state index < -0.39 is 0 Å². The van der Waals surface area contributed by atoms with Gasteiger partial charge >= 0.3 is 0 Å². The predicted octanol–water partition coefficient (Wildman–Crippen LogP) is 1.54. The van der Waals surface area contributed by atoms with Crippen molar-refractivity contribution in [2.45, 2.75) is 31.6 Å². The summed E-state index contributed by atoms with van der Waals surface area (Å²) < 4.78 is 0.403. The first kappa shape index (κ1) is 13.1. The first-order valence-corrected chi connectivity index (χ1v) is 7.54. The highest BCUT2D eigenvalue weighted by molar-refractivity contribution is 8.00. The van der Waals surface area contributed by atoms with Crippen molar-refractivity contribution in [3.63, 3.8) is 0 Å². The van der Waals surface area contributed by atoms with Crippen molar-refractivity contribution in [2.75, 3.05) is 24.3 Å².